The topological polar surface area (TPSA) is 65.8 Å². The van der Waals surface area contributed by atoms with Gasteiger partial charge in [0.25, 0.3) is 5.91 Å². The third kappa shape index (κ3) is 3.97. The van der Waals surface area contributed by atoms with Gasteiger partial charge in [-0.1, -0.05) is 36.4 Å². The lowest BCUT2D eigenvalue weighted by Crippen LogP contribution is -2.13. The minimum Gasteiger partial charge on any atom is -0.297 e. The summed E-state index contributed by atoms with van der Waals surface area (Å²) in [7, 11) is 0. The molecule has 1 amide bonds. The largest absolute Gasteiger partial charge is 0.297 e. The number of benzene rings is 2. The first-order valence-electron chi connectivity index (χ1n) is 7.35. The van der Waals surface area contributed by atoms with Crippen LogP contribution in [0.4, 0.5) is 9.52 Å². The molecule has 2 aromatic carbocycles. The Morgan fingerprint density at radius 1 is 1.24 bits per heavy atom. The van der Waals surface area contributed by atoms with Crippen molar-refractivity contribution in [3.8, 4) is 17.2 Å². The second-order valence-corrected chi connectivity index (χ2v) is 5.96. The van der Waals surface area contributed by atoms with Gasteiger partial charge in [-0.2, -0.15) is 5.26 Å². The number of nitrogens with one attached hydrogen (secondary N) is 1. The number of carbonyl (C=O) groups is 1. The lowest BCUT2D eigenvalue weighted by Gasteiger charge is -2.05. The molecule has 3 rings (SSSR count). The molecule has 1 N–H and O–H groups in total. The molecule has 1 heterocycles. The van der Waals surface area contributed by atoms with Gasteiger partial charge in [-0.15, -0.1) is 11.3 Å². The summed E-state index contributed by atoms with van der Waals surface area (Å²) in [5.74, 6) is -0.862. The maximum atomic E-state index is 13.9. The molecule has 3 aromatic rings. The minimum absolute atomic E-state index is 0.0547. The molecule has 0 aliphatic rings. The predicted octanol–water partition coefficient (Wildman–Crippen LogP) is 4.49. The zero-order valence-corrected chi connectivity index (χ0v) is 13.8. The van der Waals surface area contributed by atoms with Crippen LogP contribution in [0.2, 0.25) is 0 Å². The molecule has 0 aliphatic carbocycles. The van der Waals surface area contributed by atoms with Crippen molar-refractivity contribution in [3.63, 3.8) is 0 Å². The maximum absolute atomic E-state index is 13.9. The first kappa shape index (κ1) is 16.6. The number of rotatable bonds is 4. The highest BCUT2D eigenvalue weighted by Gasteiger charge is 2.11. The number of nitriles is 1. The monoisotopic (exact) mass is 349 g/mol. The van der Waals surface area contributed by atoms with E-state index in [0.717, 1.165) is 0 Å². The lowest BCUT2D eigenvalue weighted by molar-refractivity contribution is -0.112. The summed E-state index contributed by atoms with van der Waals surface area (Å²) in [6.07, 6.45) is 3.03. The normalized spacial score (nSPS) is 11.0. The fourth-order valence-electron chi connectivity index (χ4n) is 2.26. The van der Waals surface area contributed by atoms with Crippen molar-refractivity contribution >= 4 is 28.5 Å². The molecule has 0 fully saturated rings. The number of carbonyl (C=O) groups excluding carboxylic acids is 1. The maximum Gasteiger partial charge on any atom is 0.268 e. The first-order chi connectivity index (χ1) is 12.2. The summed E-state index contributed by atoms with van der Waals surface area (Å²) in [5.41, 5.74) is 1.71. The van der Waals surface area contributed by atoms with Gasteiger partial charge in [0, 0.05) is 17.1 Å². The van der Waals surface area contributed by atoms with Crippen LogP contribution in [0.1, 0.15) is 5.56 Å². The van der Waals surface area contributed by atoms with Crippen molar-refractivity contribution in [2.45, 2.75) is 0 Å². The third-order valence-corrected chi connectivity index (χ3v) is 4.09. The van der Waals surface area contributed by atoms with Crippen molar-refractivity contribution in [3.05, 3.63) is 77.1 Å². The average Bonchev–Trinajstić information content (AvgIpc) is 3.13. The number of thiazole rings is 1. The summed E-state index contributed by atoms with van der Waals surface area (Å²) in [6.45, 7) is 0. The van der Waals surface area contributed by atoms with Crippen molar-refractivity contribution in [1.29, 1.82) is 5.26 Å². The first-order valence-corrected chi connectivity index (χ1v) is 8.23. The van der Waals surface area contributed by atoms with Crippen LogP contribution in [0.5, 0.6) is 0 Å². The smallest absolute Gasteiger partial charge is 0.268 e. The summed E-state index contributed by atoms with van der Waals surface area (Å²) in [5, 5.41) is 14.0. The number of amides is 1. The number of hydrogen-bond acceptors (Lipinski definition) is 4. The quantitative estimate of drug-likeness (QED) is 0.557. The van der Waals surface area contributed by atoms with E-state index >= 15 is 0 Å². The Morgan fingerprint density at radius 2 is 2.08 bits per heavy atom. The Kier molecular flexibility index (Phi) is 4.97. The van der Waals surface area contributed by atoms with E-state index in [9.17, 15) is 14.4 Å². The highest BCUT2D eigenvalue weighted by atomic mass is 32.1. The molecule has 6 heteroatoms. The van der Waals surface area contributed by atoms with Crippen LogP contribution >= 0.6 is 11.3 Å². The molecule has 0 saturated heterocycles. The van der Waals surface area contributed by atoms with Gasteiger partial charge in [0.05, 0.1) is 0 Å². The van der Waals surface area contributed by atoms with E-state index in [1.165, 1.54) is 23.5 Å². The molecule has 0 aliphatic heterocycles. The SMILES string of the molecule is N#C/C(=C/c1cccc(-c2ccccc2F)c1)C(=O)Nc1nccs1. The van der Waals surface area contributed by atoms with E-state index in [1.54, 1.807) is 54.0 Å². The van der Waals surface area contributed by atoms with Crippen LogP contribution in [0.15, 0.2) is 65.7 Å². The zero-order valence-electron chi connectivity index (χ0n) is 12.9. The summed E-state index contributed by atoms with van der Waals surface area (Å²) >= 11 is 1.27. The van der Waals surface area contributed by atoms with Crippen molar-refractivity contribution in [2.75, 3.05) is 5.32 Å². The molecule has 1 aromatic heterocycles. The van der Waals surface area contributed by atoms with Gasteiger partial charge in [-0.25, -0.2) is 9.37 Å². The minimum atomic E-state index is -0.534. The molecular weight excluding hydrogens is 337 g/mol. The molecule has 0 atom stereocenters. The van der Waals surface area contributed by atoms with E-state index < -0.39 is 5.91 Å². The van der Waals surface area contributed by atoms with E-state index in [0.29, 0.717) is 21.8 Å². The summed E-state index contributed by atoms with van der Waals surface area (Å²) in [6, 6.07) is 15.3. The molecule has 0 saturated carbocycles. The number of anilines is 1. The Hall–Kier alpha value is -3.30. The van der Waals surface area contributed by atoms with E-state index in [-0.39, 0.29) is 11.4 Å². The van der Waals surface area contributed by atoms with Crippen LogP contribution < -0.4 is 5.32 Å². The molecule has 0 unspecified atom stereocenters. The van der Waals surface area contributed by atoms with Crippen LogP contribution in [-0.4, -0.2) is 10.9 Å². The van der Waals surface area contributed by atoms with E-state index in [2.05, 4.69) is 10.3 Å². The molecule has 25 heavy (non-hydrogen) atoms. The summed E-state index contributed by atoms with van der Waals surface area (Å²) < 4.78 is 13.9. The fourth-order valence-corrected chi connectivity index (χ4v) is 2.78. The fraction of sp³-hybridized carbons (Fsp3) is 0. The lowest BCUT2D eigenvalue weighted by atomic mass is 10.0. The van der Waals surface area contributed by atoms with Crippen molar-refractivity contribution < 1.29 is 9.18 Å². The number of hydrogen-bond donors (Lipinski definition) is 1. The highest BCUT2D eigenvalue weighted by Crippen LogP contribution is 2.24. The van der Waals surface area contributed by atoms with Gasteiger partial charge in [-0.05, 0) is 29.3 Å². The van der Waals surface area contributed by atoms with Gasteiger partial charge in [-0.3, -0.25) is 10.1 Å². The standard InChI is InChI=1S/C19H12FN3OS/c20-17-7-2-1-6-16(17)14-5-3-4-13(10-14)11-15(12-21)18(24)23-19-22-8-9-25-19/h1-11H,(H,22,23,24)/b15-11-. The Morgan fingerprint density at radius 3 is 2.80 bits per heavy atom. The van der Waals surface area contributed by atoms with Crippen molar-refractivity contribution in [1.82, 2.24) is 4.98 Å². The van der Waals surface area contributed by atoms with Crippen molar-refractivity contribution in [2.24, 2.45) is 0 Å². The molecular formula is C19H12FN3OS. The number of halogens is 1. The number of aromatic nitrogens is 1. The number of nitrogens with zero attached hydrogens (tertiary/aromatic N) is 2. The van der Waals surface area contributed by atoms with Gasteiger partial charge >= 0.3 is 0 Å². The molecule has 122 valence electrons. The zero-order chi connectivity index (χ0) is 17.6. The molecule has 0 bridgehead atoms. The van der Waals surface area contributed by atoms with E-state index in [1.807, 2.05) is 6.07 Å². The summed E-state index contributed by atoms with van der Waals surface area (Å²) in [4.78, 5) is 16.1. The van der Waals surface area contributed by atoms with E-state index in [4.69, 9.17) is 0 Å². The average molecular weight is 349 g/mol. The Bertz CT molecular complexity index is 974. The van der Waals surface area contributed by atoms with Crippen LogP contribution in [-0.2, 0) is 4.79 Å². The molecule has 0 radical (unpaired) electrons. The second kappa shape index (κ2) is 7.51. The van der Waals surface area contributed by atoms with Crippen LogP contribution in [0.25, 0.3) is 17.2 Å². The molecule has 4 nitrogen and oxygen atoms in total. The second-order valence-electron chi connectivity index (χ2n) is 5.07. The van der Waals surface area contributed by atoms with Gasteiger partial charge in [0.2, 0.25) is 0 Å². The van der Waals surface area contributed by atoms with Gasteiger partial charge in [0.15, 0.2) is 5.13 Å². The Labute approximate surface area is 147 Å². The Balaban J connectivity index is 1.89. The van der Waals surface area contributed by atoms with Gasteiger partial charge < -0.3 is 0 Å². The third-order valence-electron chi connectivity index (χ3n) is 3.40. The molecule has 0 spiro atoms. The predicted molar refractivity (Wildman–Crippen MR) is 96.2 cm³/mol. The highest BCUT2D eigenvalue weighted by molar-refractivity contribution is 7.13. The van der Waals surface area contributed by atoms with Gasteiger partial charge in [0.1, 0.15) is 17.5 Å². The van der Waals surface area contributed by atoms with Crippen LogP contribution in [0, 0.1) is 17.1 Å². The van der Waals surface area contributed by atoms with Crippen LogP contribution in [0.3, 0.4) is 0 Å².